The van der Waals surface area contributed by atoms with Gasteiger partial charge in [-0.2, -0.15) is 0 Å². The Balaban J connectivity index is 3.56. The lowest BCUT2D eigenvalue weighted by atomic mass is 10.1. The van der Waals surface area contributed by atoms with Gasteiger partial charge in [0.25, 0.3) is 0 Å². The molecule has 0 aliphatic heterocycles. The quantitative estimate of drug-likeness (QED) is 0.737. The first-order valence-electron chi connectivity index (χ1n) is 3.36. The maximum absolute atomic E-state index is 12.8. The topological polar surface area (TPSA) is 57.5 Å². The minimum atomic E-state index is -1.45. The molecular weight excluding hydrogens is 199 g/mol. The molecule has 13 heavy (non-hydrogen) atoms. The molecule has 0 radical (unpaired) electrons. The predicted octanol–water partition coefficient (Wildman–Crippen LogP) is 2.19. The van der Waals surface area contributed by atoms with E-state index in [0.717, 1.165) is 6.07 Å². The Bertz CT molecular complexity index is 350. The van der Waals surface area contributed by atoms with Crippen LogP contribution in [0.4, 0.5) is 4.39 Å². The molecule has 5 heteroatoms. The number of carboxylic acids is 1. The fourth-order valence-electron chi connectivity index (χ4n) is 0.938. The van der Waals surface area contributed by atoms with Crippen molar-refractivity contribution >= 4 is 17.6 Å². The average Bonchev–Trinajstić information content (AvgIpc) is 2.01. The van der Waals surface area contributed by atoms with Gasteiger partial charge >= 0.3 is 5.97 Å². The van der Waals surface area contributed by atoms with Gasteiger partial charge in [-0.25, -0.2) is 9.18 Å². The third-order valence-corrected chi connectivity index (χ3v) is 2.07. The van der Waals surface area contributed by atoms with Gasteiger partial charge in [0.05, 0.1) is 5.02 Å². The van der Waals surface area contributed by atoms with E-state index < -0.39 is 23.1 Å². The van der Waals surface area contributed by atoms with Crippen LogP contribution >= 0.6 is 11.6 Å². The lowest BCUT2D eigenvalue weighted by Gasteiger charge is -2.05. The molecule has 70 valence electrons. The van der Waals surface area contributed by atoms with Gasteiger partial charge in [-0.05, 0) is 18.6 Å². The second kappa shape index (κ2) is 3.22. The normalized spacial score (nSPS) is 10.1. The van der Waals surface area contributed by atoms with Crippen LogP contribution in [0, 0.1) is 12.7 Å². The lowest BCUT2D eigenvalue weighted by molar-refractivity contribution is 0.0693. The molecule has 0 heterocycles. The van der Waals surface area contributed by atoms with Crippen molar-refractivity contribution in [1.82, 2.24) is 0 Å². The Kier molecular flexibility index (Phi) is 2.43. The largest absolute Gasteiger partial charge is 0.504 e. The number of aryl methyl sites for hydroxylation is 1. The number of phenols is 1. The number of carbonyl (C=O) groups is 1. The van der Waals surface area contributed by atoms with Crippen LogP contribution < -0.4 is 0 Å². The van der Waals surface area contributed by atoms with Crippen molar-refractivity contribution < 1.29 is 19.4 Å². The van der Waals surface area contributed by atoms with Crippen molar-refractivity contribution in [2.75, 3.05) is 0 Å². The van der Waals surface area contributed by atoms with Crippen LogP contribution in [0.3, 0.4) is 0 Å². The summed E-state index contributed by atoms with van der Waals surface area (Å²) < 4.78 is 12.8. The molecule has 0 unspecified atom stereocenters. The second-order valence-corrected chi connectivity index (χ2v) is 2.90. The first-order valence-corrected chi connectivity index (χ1v) is 3.73. The summed E-state index contributed by atoms with van der Waals surface area (Å²) in [5.74, 6) is -3.37. The summed E-state index contributed by atoms with van der Waals surface area (Å²) in [4.78, 5) is 10.5. The molecule has 0 amide bonds. The number of carboxylic acid groups (broad SMARTS) is 1. The minimum Gasteiger partial charge on any atom is -0.504 e. The fraction of sp³-hybridized carbons (Fsp3) is 0.125. The summed E-state index contributed by atoms with van der Waals surface area (Å²) in [6.07, 6.45) is 0. The molecule has 0 spiro atoms. The number of aromatic carboxylic acids is 1. The number of aromatic hydroxyl groups is 1. The third kappa shape index (κ3) is 1.58. The SMILES string of the molecule is Cc1cc(F)c(O)c(C(=O)O)c1Cl. The lowest BCUT2D eigenvalue weighted by Crippen LogP contribution is -2.01. The smallest absolute Gasteiger partial charge is 0.341 e. The molecule has 2 N–H and O–H groups in total. The van der Waals surface area contributed by atoms with Crippen LogP contribution in [-0.2, 0) is 0 Å². The fourth-order valence-corrected chi connectivity index (χ4v) is 1.16. The summed E-state index contributed by atoms with van der Waals surface area (Å²) in [6.45, 7) is 1.46. The van der Waals surface area contributed by atoms with Gasteiger partial charge in [0, 0.05) is 0 Å². The Morgan fingerprint density at radius 2 is 2.15 bits per heavy atom. The van der Waals surface area contributed by atoms with E-state index in [9.17, 15) is 9.18 Å². The van der Waals surface area contributed by atoms with Crippen LogP contribution in [0.2, 0.25) is 5.02 Å². The molecule has 0 fully saturated rings. The van der Waals surface area contributed by atoms with Gasteiger partial charge in [-0.15, -0.1) is 0 Å². The zero-order valence-electron chi connectivity index (χ0n) is 6.64. The van der Waals surface area contributed by atoms with Crippen molar-refractivity contribution in [3.8, 4) is 5.75 Å². The monoisotopic (exact) mass is 204 g/mol. The first-order chi connectivity index (χ1) is 5.95. The van der Waals surface area contributed by atoms with E-state index in [4.69, 9.17) is 21.8 Å². The summed E-state index contributed by atoms with van der Waals surface area (Å²) in [5.41, 5.74) is -0.325. The van der Waals surface area contributed by atoms with Crippen LogP contribution in [0.25, 0.3) is 0 Å². The van der Waals surface area contributed by atoms with E-state index in [1.807, 2.05) is 0 Å². The van der Waals surface area contributed by atoms with Crippen LogP contribution in [0.1, 0.15) is 15.9 Å². The molecular formula is C8H6ClFO3. The summed E-state index contributed by atoms with van der Waals surface area (Å²) >= 11 is 5.56. The maximum atomic E-state index is 12.8. The van der Waals surface area contributed by atoms with E-state index in [-0.39, 0.29) is 10.6 Å². The van der Waals surface area contributed by atoms with E-state index >= 15 is 0 Å². The van der Waals surface area contributed by atoms with Crippen molar-refractivity contribution in [2.24, 2.45) is 0 Å². The Morgan fingerprint density at radius 3 is 2.62 bits per heavy atom. The maximum Gasteiger partial charge on any atom is 0.341 e. The molecule has 1 aromatic carbocycles. The molecule has 0 atom stereocenters. The molecule has 0 aliphatic rings. The number of halogens is 2. The Morgan fingerprint density at radius 1 is 1.62 bits per heavy atom. The van der Waals surface area contributed by atoms with Gasteiger partial charge < -0.3 is 10.2 Å². The Hall–Kier alpha value is -1.29. The summed E-state index contributed by atoms with van der Waals surface area (Å²) in [5, 5.41) is 17.5. The van der Waals surface area contributed by atoms with E-state index in [2.05, 4.69) is 0 Å². The number of rotatable bonds is 1. The highest BCUT2D eigenvalue weighted by Crippen LogP contribution is 2.31. The van der Waals surface area contributed by atoms with Crippen molar-refractivity contribution in [3.05, 3.63) is 28.0 Å². The molecule has 3 nitrogen and oxygen atoms in total. The Labute approximate surface area is 78.4 Å². The van der Waals surface area contributed by atoms with E-state index in [1.165, 1.54) is 6.92 Å². The van der Waals surface area contributed by atoms with E-state index in [1.54, 1.807) is 0 Å². The van der Waals surface area contributed by atoms with Gasteiger partial charge in [-0.3, -0.25) is 0 Å². The van der Waals surface area contributed by atoms with Gasteiger partial charge in [-0.1, -0.05) is 11.6 Å². The predicted molar refractivity (Wildman–Crippen MR) is 44.8 cm³/mol. The molecule has 0 aliphatic carbocycles. The highest BCUT2D eigenvalue weighted by atomic mass is 35.5. The number of benzene rings is 1. The third-order valence-electron chi connectivity index (χ3n) is 1.59. The van der Waals surface area contributed by atoms with Crippen LogP contribution in [0.5, 0.6) is 5.75 Å². The number of hydrogen-bond acceptors (Lipinski definition) is 2. The van der Waals surface area contributed by atoms with Gasteiger partial charge in [0.2, 0.25) is 0 Å². The molecule has 0 bridgehead atoms. The molecule has 1 rings (SSSR count). The summed E-state index contributed by atoms with van der Waals surface area (Å²) in [6, 6.07) is 0.976. The minimum absolute atomic E-state index is 0.147. The van der Waals surface area contributed by atoms with Gasteiger partial charge in [0.1, 0.15) is 5.56 Å². The van der Waals surface area contributed by atoms with Crippen molar-refractivity contribution in [2.45, 2.75) is 6.92 Å². The molecule has 0 saturated carbocycles. The molecule has 1 aromatic rings. The standard InChI is InChI=1S/C8H6ClFO3/c1-3-2-4(10)7(11)5(6(3)9)8(12)13/h2,11H,1H3,(H,12,13). The second-order valence-electron chi connectivity index (χ2n) is 2.52. The van der Waals surface area contributed by atoms with Crippen molar-refractivity contribution in [1.29, 1.82) is 0 Å². The highest BCUT2D eigenvalue weighted by molar-refractivity contribution is 6.34. The molecule has 0 aromatic heterocycles. The van der Waals surface area contributed by atoms with Gasteiger partial charge in [0.15, 0.2) is 11.6 Å². The summed E-state index contributed by atoms with van der Waals surface area (Å²) in [7, 11) is 0. The first kappa shape index (κ1) is 9.80. The van der Waals surface area contributed by atoms with Crippen LogP contribution in [0.15, 0.2) is 6.07 Å². The van der Waals surface area contributed by atoms with E-state index in [0.29, 0.717) is 0 Å². The highest BCUT2D eigenvalue weighted by Gasteiger charge is 2.19. The zero-order valence-corrected chi connectivity index (χ0v) is 7.39. The zero-order chi connectivity index (χ0) is 10.2. The molecule has 0 saturated heterocycles. The average molecular weight is 205 g/mol. The van der Waals surface area contributed by atoms with Crippen molar-refractivity contribution in [3.63, 3.8) is 0 Å². The van der Waals surface area contributed by atoms with Crippen LogP contribution in [-0.4, -0.2) is 16.2 Å². The number of hydrogen-bond donors (Lipinski definition) is 2.